The van der Waals surface area contributed by atoms with Gasteiger partial charge in [0.1, 0.15) is 73.1 Å². The third-order valence-electron chi connectivity index (χ3n) is 18.3. The van der Waals surface area contributed by atoms with E-state index in [0.717, 1.165) is 14.7 Å². The number of nitrogens with zero attached hydrogens (tertiary/aromatic N) is 8. The normalized spacial score (nSPS) is 25.0. The number of rotatable bonds is 23. The van der Waals surface area contributed by atoms with Crippen LogP contribution in [0.1, 0.15) is 175 Å². The van der Waals surface area contributed by atoms with Gasteiger partial charge in [0.05, 0.1) is 12.6 Å². The van der Waals surface area contributed by atoms with Gasteiger partial charge in [-0.15, -0.1) is 0 Å². The minimum absolute atomic E-state index is 0.0676. The maximum absolute atomic E-state index is 15.8. The number of hydrogen-bond acceptors (Lipinski definition) is 16. The van der Waals surface area contributed by atoms with Gasteiger partial charge in [0.2, 0.25) is 70.9 Å². The van der Waals surface area contributed by atoms with E-state index in [4.69, 9.17) is 16.2 Å². The Morgan fingerprint density at radius 1 is 0.545 bits per heavy atom. The predicted molar refractivity (Wildman–Crippen MR) is 381 cm³/mol. The van der Waals surface area contributed by atoms with Crippen molar-refractivity contribution in [2.45, 2.75) is 248 Å². The number of unbranched alkanes of at least 4 members (excludes halogenated alkanes) is 1. The highest BCUT2D eigenvalue weighted by Crippen LogP contribution is 2.27. The van der Waals surface area contributed by atoms with Crippen LogP contribution in [0, 0.1) is 41.4 Å². The molecule has 0 aromatic heterocycles. The predicted octanol–water partition coefficient (Wildman–Crippen LogP) is 2.73. The lowest BCUT2D eigenvalue weighted by molar-refractivity contribution is -0.167. The number of hydrogen-bond donors (Lipinski definition) is 6. The van der Waals surface area contributed by atoms with E-state index in [0.29, 0.717) is 25.8 Å². The number of carbonyl (C=O) groups is 13. The molecule has 0 radical (unpaired) electrons. The van der Waals surface area contributed by atoms with Crippen molar-refractivity contribution in [3.8, 4) is 0 Å². The lowest BCUT2D eigenvalue weighted by atomic mass is 9.91. The van der Waals surface area contributed by atoms with Gasteiger partial charge < -0.3 is 76.7 Å². The van der Waals surface area contributed by atoms with Crippen molar-refractivity contribution >= 4 is 76.9 Å². The van der Waals surface area contributed by atoms with Crippen LogP contribution < -0.4 is 32.7 Å². The topological polar surface area (TPSA) is 357 Å². The van der Waals surface area contributed by atoms with E-state index in [1.807, 2.05) is 55.4 Å². The third-order valence-corrected chi connectivity index (χ3v) is 18.3. The molecule has 1 aliphatic rings. The minimum Gasteiger partial charge on any atom is -0.458 e. The zero-order valence-corrected chi connectivity index (χ0v) is 64.6. The minimum atomic E-state index is -1.77. The van der Waals surface area contributed by atoms with Crippen molar-refractivity contribution in [3.63, 3.8) is 0 Å². The monoisotopic (exact) mass is 1400 g/mol. The standard InChI is InChI=1S/C71H128N14O14/c1-26-28-31-46(15)60(99-56(87)39-79(19)66(93)49(73)32-29-30-33-72)59-64(91)76-50(27-2)67(94)78(18)38-55(86)80(20)51(34-40(3)4)63(90)77-57(44(11)12)70(97)81(21)52(35-41(5)6)62(89)74-47(16)61(88)75-48(17)65(92)82(22)53(36-42(7)8)68(95)83(23)54(37-43(9)10)69(96)84(24)58(45(13)14)71(98)85(59)25/h26,28,40-54,57-60H,27,29-39,72-73H2,1-25H3,(H,74,89)(H,75,88)(H,76,91)(H,77,90)/b28-26+/t46-,47+,48+,49+,50+,51+,52+,53+,54+,57+,58+,59+,60-/m1/s1. The van der Waals surface area contributed by atoms with Crippen LogP contribution in [-0.2, 0) is 67.1 Å². The molecule has 13 atom stereocenters. The Kier molecular flexibility index (Phi) is 38.2. The molecule has 0 aliphatic carbocycles. The number of allylic oxidation sites excluding steroid dienone is 2. The molecule has 1 aliphatic heterocycles. The van der Waals surface area contributed by atoms with Gasteiger partial charge in [-0.05, 0) is 120 Å². The van der Waals surface area contributed by atoms with Gasteiger partial charge in [-0.3, -0.25) is 62.3 Å². The Balaban J connectivity index is 4.57. The second-order valence-electron chi connectivity index (χ2n) is 29.6. The molecule has 0 bridgehead atoms. The van der Waals surface area contributed by atoms with Crippen molar-refractivity contribution in [1.29, 1.82) is 0 Å². The van der Waals surface area contributed by atoms with Crippen LogP contribution in [0.5, 0.6) is 0 Å². The van der Waals surface area contributed by atoms with E-state index in [1.165, 1.54) is 94.7 Å². The average molecular weight is 1400 g/mol. The molecule has 1 heterocycles. The zero-order valence-electron chi connectivity index (χ0n) is 64.6. The fourth-order valence-electron chi connectivity index (χ4n) is 12.2. The molecular formula is C71H128N14O14. The number of ether oxygens (including phenoxy) is 1. The summed E-state index contributed by atoms with van der Waals surface area (Å²) in [5.74, 6) is -12.3. The first kappa shape index (κ1) is 89.8. The fraction of sp³-hybridized carbons (Fsp3) is 0.789. The third kappa shape index (κ3) is 26.7. The van der Waals surface area contributed by atoms with Crippen LogP contribution in [0.4, 0.5) is 0 Å². The fourth-order valence-corrected chi connectivity index (χ4v) is 12.2. The molecule has 99 heavy (non-hydrogen) atoms. The summed E-state index contributed by atoms with van der Waals surface area (Å²) in [7, 11) is 11.1. The Hall–Kier alpha value is -7.23. The van der Waals surface area contributed by atoms with Gasteiger partial charge in [-0.1, -0.05) is 116 Å². The van der Waals surface area contributed by atoms with Crippen LogP contribution in [0.3, 0.4) is 0 Å². The molecule has 1 saturated heterocycles. The lowest BCUT2D eigenvalue weighted by Crippen LogP contribution is -2.64. The highest BCUT2D eigenvalue weighted by Gasteiger charge is 2.47. The van der Waals surface area contributed by atoms with E-state index in [9.17, 15) is 43.2 Å². The highest BCUT2D eigenvalue weighted by molar-refractivity contribution is 6.00. The number of carbonyl (C=O) groups excluding carboxylic acids is 13. The number of nitrogens with one attached hydrogen (secondary N) is 4. The average Bonchev–Trinajstić information content (AvgIpc) is 0.800. The summed E-state index contributed by atoms with van der Waals surface area (Å²) in [6, 6.07) is -14.0. The van der Waals surface area contributed by atoms with E-state index >= 15 is 19.2 Å². The summed E-state index contributed by atoms with van der Waals surface area (Å²) in [6.07, 6.45) is 4.04. The van der Waals surface area contributed by atoms with Crippen LogP contribution in [-0.4, -0.2) is 265 Å². The summed E-state index contributed by atoms with van der Waals surface area (Å²) < 4.78 is 6.28. The molecule has 1 fully saturated rings. The van der Waals surface area contributed by atoms with Gasteiger partial charge in [-0.2, -0.15) is 0 Å². The molecule has 28 nitrogen and oxygen atoms in total. The van der Waals surface area contributed by atoms with Gasteiger partial charge >= 0.3 is 5.97 Å². The summed E-state index contributed by atoms with van der Waals surface area (Å²) in [4.78, 5) is 201. The molecule has 1 rings (SSSR count). The Morgan fingerprint density at radius 2 is 1.00 bits per heavy atom. The first-order chi connectivity index (χ1) is 45.9. The molecule has 12 amide bonds. The number of nitrogens with two attached hydrogens (primary N) is 2. The lowest BCUT2D eigenvalue weighted by Gasteiger charge is -2.42. The van der Waals surface area contributed by atoms with E-state index < -0.39 is 180 Å². The van der Waals surface area contributed by atoms with Crippen LogP contribution in [0.25, 0.3) is 0 Å². The Bertz CT molecular complexity index is 2760. The van der Waals surface area contributed by atoms with Crippen LogP contribution in [0.2, 0.25) is 0 Å². The molecule has 0 aromatic rings. The van der Waals surface area contributed by atoms with E-state index in [-0.39, 0.29) is 62.2 Å². The van der Waals surface area contributed by atoms with E-state index in [2.05, 4.69) is 21.3 Å². The SMILES string of the molecule is C/C=C/C[C@@H](C)[C@@H](OC(=O)CN(C)C(=O)[C@@H](N)CCCCN)[C@H]1C(=O)N[C@@H](CC)C(=O)N(C)CC(=O)N(C)[C@@H](CC(C)C)C(=O)N[C@@H](C(C)C)C(=O)N(C)[C@@H](CC(C)C)C(=O)N[C@@H](C)C(=O)N[C@@H](C)C(=O)N(C)[C@@H](CC(C)C)C(=O)N(C)[C@@H](CC(C)C)C(=O)N(C)[C@@H](C(C)C)C(=O)N1C. The van der Waals surface area contributed by atoms with Crippen molar-refractivity contribution in [2.24, 2.45) is 52.9 Å². The number of likely N-dealkylation sites (N-methyl/N-ethyl adjacent to an activating group) is 8. The highest BCUT2D eigenvalue weighted by atomic mass is 16.5. The maximum Gasteiger partial charge on any atom is 0.326 e. The van der Waals surface area contributed by atoms with Crippen molar-refractivity contribution < 1.29 is 67.1 Å². The summed E-state index contributed by atoms with van der Waals surface area (Å²) in [5, 5.41) is 11.0. The quantitative estimate of drug-likeness (QED) is 0.0487. The van der Waals surface area contributed by atoms with Crippen molar-refractivity contribution in [2.75, 3.05) is 76.0 Å². The second kappa shape index (κ2) is 42.1. The van der Waals surface area contributed by atoms with Crippen molar-refractivity contribution in [1.82, 2.24) is 60.5 Å². The number of esters is 1. The second-order valence-corrected chi connectivity index (χ2v) is 29.6. The first-order valence-electron chi connectivity index (χ1n) is 35.4. The summed E-state index contributed by atoms with van der Waals surface area (Å²) in [5.41, 5.74) is 11.9. The van der Waals surface area contributed by atoms with Crippen molar-refractivity contribution in [3.05, 3.63) is 12.2 Å². The van der Waals surface area contributed by atoms with E-state index in [1.54, 1.807) is 60.6 Å². The number of amides is 12. The molecule has 0 aromatic carbocycles. The largest absolute Gasteiger partial charge is 0.458 e. The molecule has 0 saturated carbocycles. The smallest absolute Gasteiger partial charge is 0.326 e. The first-order valence-corrected chi connectivity index (χ1v) is 35.4. The molecule has 0 unspecified atom stereocenters. The van der Waals surface area contributed by atoms with Crippen LogP contribution in [0.15, 0.2) is 12.2 Å². The van der Waals surface area contributed by atoms with Gasteiger partial charge in [0.25, 0.3) is 0 Å². The molecular weight excluding hydrogens is 1270 g/mol. The Morgan fingerprint density at radius 3 is 1.47 bits per heavy atom. The Labute approximate surface area is 591 Å². The van der Waals surface area contributed by atoms with Gasteiger partial charge in [-0.25, -0.2) is 0 Å². The summed E-state index contributed by atoms with van der Waals surface area (Å²) in [6.45, 7) is 28.7. The molecule has 0 spiro atoms. The van der Waals surface area contributed by atoms with Gasteiger partial charge in [0, 0.05) is 56.4 Å². The summed E-state index contributed by atoms with van der Waals surface area (Å²) >= 11 is 0. The molecule has 28 heteroatoms. The zero-order chi connectivity index (χ0) is 76.5. The van der Waals surface area contributed by atoms with Crippen LogP contribution >= 0.6 is 0 Å². The maximum atomic E-state index is 15.8. The molecule has 8 N–H and O–H groups in total. The van der Waals surface area contributed by atoms with Gasteiger partial charge in [0.15, 0.2) is 0 Å². The molecule has 566 valence electrons.